The van der Waals surface area contributed by atoms with Crippen molar-refractivity contribution in [3.8, 4) is 0 Å². The van der Waals surface area contributed by atoms with E-state index in [4.69, 9.17) is 19.2 Å². The molecular formula is H5FLiMnO4P. The Morgan fingerprint density at radius 2 is 1.12 bits per heavy atom. The molecule has 0 aromatic heterocycles. The molecular weight excluding hydrogens is 176 g/mol. The summed E-state index contributed by atoms with van der Waals surface area (Å²) in [4.78, 5) is 21.6. The molecule has 8 heavy (non-hydrogen) atoms. The smallest absolute Gasteiger partial charge is 0 e. The van der Waals surface area contributed by atoms with Gasteiger partial charge in [0, 0.05) is 17.1 Å². The summed E-state index contributed by atoms with van der Waals surface area (Å²) in [5.41, 5.74) is 0. The Morgan fingerprint density at radius 1 is 1.12 bits per heavy atom. The summed E-state index contributed by atoms with van der Waals surface area (Å²) in [6.07, 6.45) is 0. The Labute approximate surface area is 67.9 Å². The Hall–Kier alpha value is 1.16. The SMILES string of the molecule is F.O=P(O)(O)O.[LiH].[Mn]. The second-order valence-corrected chi connectivity index (χ2v) is 1.54. The second-order valence-electron chi connectivity index (χ2n) is 0.513. The molecule has 0 spiro atoms. The van der Waals surface area contributed by atoms with E-state index in [-0.39, 0.29) is 40.6 Å². The van der Waals surface area contributed by atoms with Gasteiger partial charge in [-0.2, -0.15) is 0 Å². The van der Waals surface area contributed by atoms with Crippen LogP contribution in [0.3, 0.4) is 0 Å². The van der Waals surface area contributed by atoms with Gasteiger partial charge in [0.1, 0.15) is 0 Å². The molecule has 0 saturated heterocycles. The maximum Gasteiger partial charge on any atom is 0 e. The zero-order valence-electron chi connectivity index (χ0n) is 2.98. The molecule has 0 aliphatic rings. The van der Waals surface area contributed by atoms with Gasteiger partial charge in [0.05, 0.1) is 0 Å². The average Bonchev–Trinajstić information content (AvgIpc) is 0.722. The molecule has 0 aliphatic heterocycles. The van der Waals surface area contributed by atoms with Crippen LogP contribution in [0.5, 0.6) is 0 Å². The number of phosphoric acid groups is 1. The van der Waals surface area contributed by atoms with Gasteiger partial charge in [0.2, 0.25) is 0 Å². The van der Waals surface area contributed by atoms with E-state index in [2.05, 4.69) is 0 Å². The fourth-order valence-corrected chi connectivity index (χ4v) is 0. The normalized spacial score (nSPS) is 7.38. The van der Waals surface area contributed by atoms with Crippen LogP contribution in [-0.4, -0.2) is 33.5 Å². The van der Waals surface area contributed by atoms with Gasteiger partial charge in [-0.15, -0.1) is 0 Å². The fourth-order valence-electron chi connectivity index (χ4n) is 0. The van der Waals surface area contributed by atoms with Crippen LogP contribution < -0.4 is 0 Å². The van der Waals surface area contributed by atoms with Crippen molar-refractivity contribution in [1.82, 2.24) is 0 Å². The molecule has 4 nitrogen and oxygen atoms in total. The van der Waals surface area contributed by atoms with E-state index in [1.807, 2.05) is 0 Å². The molecule has 3 N–H and O–H groups in total. The fraction of sp³-hybridized carbons (Fsp3) is 0. The van der Waals surface area contributed by atoms with Gasteiger partial charge in [0.25, 0.3) is 0 Å². The van der Waals surface area contributed by atoms with Crippen molar-refractivity contribution in [2.24, 2.45) is 0 Å². The molecule has 1 radical (unpaired) electrons. The van der Waals surface area contributed by atoms with Crippen LogP contribution in [0.2, 0.25) is 0 Å². The van der Waals surface area contributed by atoms with Crippen LogP contribution in [0.4, 0.5) is 4.70 Å². The summed E-state index contributed by atoms with van der Waals surface area (Å²) >= 11 is 0. The Balaban J connectivity index is -0.0000000267. The summed E-state index contributed by atoms with van der Waals surface area (Å²) in [6.45, 7) is 0. The van der Waals surface area contributed by atoms with Crippen LogP contribution in [0.15, 0.2) is 0 Å². The van der Waals surface area contributed by atoms with Gasteiger partial charge >= 0.3 is 26.7 Å². The topological polar surface area (TPSA) is 77.8 Å². The zero-order chi connectivity index (χ0) is 4.50. The molecule has 0 heterocycles. The van der Waals surface area contributed by atoms with E-state index in [9.17, 15) is 0 Å². The monoisotopic (exact) mass is 181 g/mol. The molecule has 0 aromatic rings. The zero-order valence-corrected chi connectivity index (χ0v) is 5.06. The minimum Gasteiger partial charge on any atom is 0 e. The van der Waals surface area contributed by atoms with Crippen molar-refractivity contribution in [1.29, 1.82) is 0 Å². The first-order valence-electron chi connectivity index (χ1n) is 0.783. The second kappa shape index (κ2) is 8.16. The third-order valence-corrected chi connectivity index (χ3v) is 0. The predicted molar refractivity (Wildman–Crippen MR) is 23.9 cm³/mol. The van der Waals surface area contributed by atoms with Crippen molar-refractivity contribution >= 4 is 26.7 Å². The van der Waals surface area contributed by atoms with Crippen LogP contribution in [0.1, 0.15) is 0 Å². The summed E-state index contributed by atoms with van der Waals surface area (Å²) in [6, 6.07) is 0. The summed E-state index contributed by atoms with van der Waals surface area (Å²) in [5.74, 6) is 0. The molecule has 8 heteroatoms. The van der Waals surface area contributed by atoms with Crippen LogP contribution in [0.25, 0.3) is 0 Å². The first-order chi connectivity index (χ1) is 2.00. The van der Waals surface area contributed by atoms with Gasteiger partial charge in [-0.05, 0) is 0 Å². The summed E-state index contributed by atoms with van der Waals surface area (Å²) < 4.78 is 8.88. The van der Waals surface area contributed by atoms with Gasteiger partial charge in [-0.3, -0.25) is 4.70 Å². The average molecular weight is 181 g/mol. The Bertz CT molecular complexity index is 62.2. The summed E-state index contributed by atoms with van der Waals surface area (Å²) in [5, 5.41) is 0. The molecule has 0 amide bonds. The molecule has 0 aromatic carbocycles. The summed E-state index contributed by atoms with van der Waals surface area (Å²) in [7, 11) is -4.64. The van der Waals surface area contributed by atoms with Crippen LogP contribution in [-0.2, 0) is 21.6 Å². The number of halogens is 1. The van der Waals surface area contributed by atoms with E-state index in [1.165, 1.54) is 0 Å². The maximum atomic E-state index is 8.88. The minimum absolute atomic E-state index is 0. The van der Waals surface area contributed by atoms with Crippen LogP contribution >= 0.6 is 7.82 Å². The van der Waals surface area contributed by atoms with E-state index >= 15 is 0 Å². The first-order valence-corrected chi connectivity index (χ1v) is 2.35. The standard InChI is InChI=1S/FH.Li.Mn.H3O4P.H/c;;;1-5(2,3)4;/h1H;;;(H3,1,2,3,4);. The maximum absolute atomic E-state index is 8.88. The third kappa shape index (κ3) is 203. The van der Waals surface area contributed by atoms with Crippen molar-refractivity contribution < 1.29 is 41.0 Å². The first kappa shape index (κ1) is 22.9. The Morgan fingerprint density at radius 3 is 1.12 bits per heavy atom. The Kier molecular flexibility index (Phi) is 23.4. The molecule has 0 atom stereocenters. The molecule has 0 rings (SSSR count). The minimum atomic E-state index is -4.64. The quantitative estimate of drug-likeness (QED) is 0.316. The molecule has 0 saturated carbocycles. The van der Waals surface area contributed by atoms with E-state index in [0.717, 1.165) is 0 Å². The predicted octanol–water partition coefficient (Wildman–Crippen LogP) is -1.43. The molecule has 0 fully saturated rings. The van der Waals surface area contributed by atoms with Gasteiger partial charge in [-0.25, -0.2) is 4.57 Å². The van der Waals surface area contributed by atoms with Crippen molar-refractivity contribution in [3.05, 3.63) is 0 Å². The van der Waals surface area contributed by atoms with Gasteiger partial charge in [0.15, 0.2) is 0 Å². The largest absolute Gasteiger partial charge is 0 e. The molecule has 0 unspecified atom stereocenters. The van der Waals surface area contributed by atoms with Crippen molar-refractivity contribution in [3.63, 3.8) is 0 Å². The molecule has 0 aliphatic carbocycles. The van der Waals surface area contributed by atoms with Crippen molar-refractivity contribution in [2.75, 3.05) is 0 Å². The van der Waals surface area contributed by atoms with E-state index < -0.39 is 7.82 Å². The molecule has 49 valence electrons. The van der Waals surface area contributed by atoms with E-state index in [1.54, 1.807) is 0 Å². The van der Waals surface area contributed by atoms with Crippen molar-refractivity contribution in [2.45, 2.75) is 0 Å². The third-order valence-electron chi connectivity index (χ3n) is 0. The van der Waals surface area contributed by atoms with E-state index in [0.29, 0.717) is 0 Å². The van der Waals surface area contributed by atoms with Crippen LogP contribution in [0, 0.1) is 0 Å². The van der Waals surface area contributed by atoms with Gasteiger partial charge in [-0.1, -0.05) is 0 Å². The van der Waals surface area contributed by atoms with Gasteiger partial charge < -0.3 is 14.7 Å². The number of hydrogen-bond acceptors (Lipinski definition) is 1. The number of rotatable bonds is 0. The number of hydrogen-bond donors (Lipinski definition) is 3. The molecule has 0 bridgehead atoms.